The van der Waals surface area contributed by atoms with Crippen LogP contribution >= 0.6 is 27.3 Å². The van der Waals surface area contributed by atoms with Crippen LogP contribution in [-0.4, -0.2) is 29.8 Å². The fourth-order valence-corrected chi connectivity index (χ4v) is 4.65. The predicted molar refractivity (Wildman–Crippen MR) is 122 cm³/mol. The summed E-state index contributed by atoms with van der Waals surface area (Å²) in [7, 11) is 0. The van der Waals surface area contributed by atoms with E-state index in [4.69, 9.17) is 0 Å². The summed E-state index contributed by atoms with van der Waals surface area (Å²) >= 11 is 5.09. The Morgan fingerprint density at radius 1 is 1.07 bits per heavy atom. The quantitative estimate of drug-likeness (QED) is 0.511. The molecule has 3 rings (SSSR count). The first-order chi connectivity index (χ1) is 13.9. The Bertz CT molecular complexity index is 1020. The third-order valence-corrected chi connectivity index (χ3v) is 6.11. The van der Waals surface area contributed by atoms with Gasteiger partial charge in [0.2, 0.25) is 5.91 Å². The maximum absolute atomic E-state index is 13.5. The summed E-state index contributed by atoms with van der Waals surface area (Å²) in [5.74, 6) is -0.145. The van der Waals surface area contributed by atoms with Crippen molar-refractivity contribution in [2.24, 2.45) is 0 Å². The summed E-state index contributed by atoms with van der Waals surface area (Å²) < 4.78 is 1.03. The molecule has 0 aliphatic rings. The molecule has 1 aromatic heterocycles. The summed E-state index contributed by atoms with van der Waals surface area (Å²) in [5, 5.41) is 2.79. The number of hydrogen-bond acceptors (Lipinski definition) is 3. The number of carbonyl (C=O) groups excluding carboxylic acids is 2. The average Bonchev–Trinajstić information content (AvgIpc) is 3.11. The Morgan fingerprint density at radius 2 is 1.86 bits per heavy atom. The zero-order chi connectivity index (χ0) is 20.8. The number of benzene rings is 2. The van der Waals surface area contributed by atoms with Gasteiger partial charge in [-0.3, -0.25) is 9.59 Å². The Hall–Kier alpha value is -2.44. The maximum atomic E-state index is 13.5. The molecule has 0 saturated heterocycles. The first kappa shape index (κ1) is 21.3. The topological polar surface area (TPSA) is 49.4 Å². The molecule has 3 aromatic rings. The molecule has 4 nitrogen and oxygen atoms in total. The molecule has 0 aliphatic heterocycles. The molecule has 0 unspecified atom stereocenters. The number of nitrogens with zero attached hydrogens (tertiary/aromatic N) is 1. The van der Waals surface area contributed by atoms with Crippen LogP contribution in [0.2, 0.25) is 0 Å². The van der Waals surface area contributed by atoms with Gasteiger partial charge < -0.3 is 10.2 Å². The molecule has 1 heterocycles. The van der Waals surface area contributed by atoms with Gasteiger partial charge in [-0.25, -0.2) is 0 Å². The minimum absolute atomic E-state index is 0.0445. The highest BCUT2D eigenvalue weighted by molar-refractivity contribution is 9.11. The Morgan fingerprint density at radius 3 is 2.55 bits per heavy atom. The van der Waals surface area contributed by atoms with E-state index in [1.165, 1.54) is 6.92 Å². The highest BCUT2D eigenvalue weighted by Crippen LogP contribution is 2.27. The van der Waals surface area contributed by atoms with Crippen molar-refractivity contribution in [3.8, 4) is 11.1 Å². The van der Waals surface area contributed by atoms with Crippen LogP contribution in [0, 0.1) is 6.92 Å². The zero-order valence-corrected chi connectivity index (χ0v) is 18.8. The van der Waals surface area contributed by atoms with E-state index in [0.29, 0.717) is 25.2 Å². The van der Waals surface area contributed by atoms with E-state index in [2.05, 4.69) is 27.3 Å². The molecular formula is C23H23BrN2O2S. The van der Waals surface area contributed by atoms with E-state index in [1.807, 2.05) is 61.5 Å². The van der Waals surface area contributed by atoms with Gasteiger partial charge >= 0.3 is 0 Å². The number of nitrogens with one attached hydrogen (secondary N) is 1. The number of amides is 2. The van der Waals surface area contributed by atoms with E-state index in [-0.39, 0.29) is 11.8 Å². The van der Waals surface area contributed by atoms with Crippen molar-refractivity contribution in [3.63, 3.8) is 0 Å². The van der Waals surface area contributed by atoms with E-state index in [0.717, 1.165) is 25.4 Å². The van der Waals surface area contributed by atoms with Crippen molar-refractivity contribution >= 4 is 39.1 Å². The Balaban J connectivity index is 1.91. The number of aryl methyl sites for hydroxylation is 1. The Kier molecular flexibility index (Phi) is 7.23. The fourth-order valence-electron chi connectivity index (χ4n) is 3.15. The summed E-state index contributed by atoms with van der Waals surface area (Å²) in [6, 6.07) is 19.8. The fraction of sp³-hybridized carbons (Fsp3) is 0.217. The highest BCUT2D eigenvalue weighted by atomic mass is 79.9. The van der Waals surface area contributed by atoms with E-state index in [9.17, 15) is 9.59 Å². The number of hydrogen-bond donors (Lipinski definition) is 1. The third-order valence-electron chi connectivity index (χ3n) is 4.50. The first-order valence-electron chi connectivity index (χ1n) is 9.38. The number of rotatable bonds is 7. The molecule has 1 N–H and O–H groups in total. The lowest BCUT2D eigenvalue weighted by molar-refractivity contribution is -0.119. The molecule has 0 spiro atoms. The maximum Gasteiger partial charge on any atom is 0.254 e. The largest absolute Gasteiger partial charge is 0.355 e. The number of thiophene rings is 1. The van der Waals surface area contributed by atoms with Crippen molar-refractivity contribution in [2.45, 2.75) is 20.4 Å². The highest BCUT2D eigenvalue weighted by Gasteiger charge is 2.20. The zero-order valence-electron chi connectivity index (χ0n) is 16.4. The summed E-state index contributed by atoms with van der Waals surface area (Å²) in [4.78, 5) is 27.7. The van der Waals surface area contributed by atoms with Crippen LogP contribution in [-0.2, 0) is 11.3 Å². The van der Waals surface area contributed by atoms with Crippen LogP contribution in [0.1, 0.15) is 27.7 Å². The summed E-state index contributed by atoms with van der Waals surface area (Å²) in [6.45, 7) is 4.88. The van der Waals surface area contributed by atoms with Gasteiger partial charge in [0.25, 0.3) is 5.91 Å². The van der Waals surface area contributed by atoms with Crippen LogP contribution in [0.15, 0.2) is 64.5 Å². The predicted octanol–water partition coefficient (Wildman–Crippen LogP) is 5.26. The molecule has 150 valence electrons. The standard InChI is InChI=1S/C23H23BrN2O2S/c1-16-6-5-7-18(14-16)20-8-3-4-9-21(20)23(28)26(13-12-25-17(2)27)15-19-10-11-22(24)29-19/h3-11,14H,12-13,15H2,1-2H3,(H,25,27). The van der Waals surface area contributed by atoms with Crippen LogP contribution in [0.4, 0.5) is 0 Å². The van der Waals surface area contributed by atoms with Gasteiger partial charge in [-0.1, -0.05) is 48.0 Å². The average molecular weight is 471 g/mol. The van der Waals surface area contributed by atoms with Crippen molar-refractivity contribution in [3.05, 3.63) is 80.5 Å². The molecule has 29 heavy (non-hydrogen) atoms. The smallest absolute Gasteiger partial charge is 0.254 e. The molecular weight excluding hydrogens is 448 g/mol. The summed E-state index contributed by atoms with van der Waals surface area (Å²) in [5.41, 5.74) is 3.75. The molecule has 0 fully saturated rings. The van der Waals surface area contributed by atoms with Crippen molar-refractivity contribution in [2.75, 3.05) is 13.1 Å². The molecule has 0 radical (unpaired) electrons. The van der Waals surface area contributed by atoms with E-state index < -0.39 is 0 Å². The lowest BCUT2D eigenvalue weighted by Gasteiger charge is -2.24. The van der Waals surface area contributed by atoms with Gasteiger partial charge in [0.1, 0.15) is 0 Å². The normalized spacial score (nSPS) is 10.6. The molecule has 0 bridgehead atoms. The second-order valence-electron chi connectivity index (χ2n) is 6.83. The lowest BCUT2D eigenvalue weighted by atomic mass is 9.97. The van der Waals surface area contributed by atoms with Crippen molar-refractivity contribution in [1.29, 1.82) is 0 Å². The lowest BCUT2D eigenvalue weighted by Crippen LogP contribution is -2.37. The third kappa shape index (κ3) is 5.78. The van der Waals surface area contributed by atoms with Crippen LogP contribution in [0.25, 0.3) is 11.1 Å². The molecule has 6 heteroatoms. The molecule has 0 aliphatic carbocycles. The molecule has 0 atom stereocenters. The SMILES string of the molecule is CC(=O)NCCN(Cc1ccc(Br)s1)C(=O)c1ccccc1-c1cccc(C)c1. The van der Waals surface area contributed by atoms with Gasteiger partial charge in [0, 0.05) is 30.5 Å². The minimum atomic E-state index is -0.101. The number of halogens is 1. The van der Waals surface area contributed by atoms with Gasteiger partial charge in [-0.05, 0) is 52.2 Å². The van der Waals surface area contributed by atoms with Crippen molar-refractivity contribution < 1.29 is 9.59 Å². The van der Waals surface area contributed by atoms with Gasteiger partial charge in [0.15, 0.2) is 0 Å². The second-order valence-corrected chi connectivity index (χ2v) is 9.38. The van der Waals surface area contributed by atoms with E-state index in [1.54, 1.807) is 16.2 Å². The molecule has 0 saturated carbocycles. The molecule has 2 amide bonds. The number of carbonyl (C=O) groups is 2. The monoisotopic (exact) mass is 470 g/mol. The van der Waals surface area contributed by atoms with Gasteiger partial charge in [-0.2, -0.15) is 0 Å². The van der Waals surface area contributed by atoms with E-state index >= 15 is 0 Å². The van der Waals surface area contributed by atoms with Gasteiger partial charge in [-0.15, -0.1) is 11.3 Å². The van der Waals surface area contributed by atoms with Crippen LogP contribution < -0.4 is 5.32 Å². The van der Waals surface area contributed by atoms with Gasteiger partial charge in [0.05, 0.1) is 10.3 Å². The van der Waals surface area contributed by atoms with Crippen molar-refractivity contribution in [1.82, 2.24) is 10.2 Å². The molecule has 2 aromatic carbocycles. The second kappa shape index (κ2) is 9.85. The van der Waals surface area contributed by atoms with Crippen LogP contribution in [0.3, 0.4) is 0 Å². The van der Waals surface area contributed by atoms with Crippen LogP contribution in [0.5, 0.6) is 0 Å². The minimum Gasteiger partial charge on any atom is -0.355 e. The summed E-state index contributed by atoms with van der Waals surface area (Å²) in [6.07, 6.45) is 0. The first-order valence-corrected chi connectivity index (χ1v) is 11.0. The Labute approximate surface area is 183 Å².